The van der Waals surface area contributed by atoms with Crippen LogP contribution in [0.4, 0.5) is 5.69 Å². The fourth-order valence-corrected chi connectivity index (χ4v) is 1.67. The number of hydrogen-bond donors (Lipinski definition) is 2. The van der Waals surface area contributed by atoms with E-state index in [1.165, 1.54) is 0 Å². The third-order valence-electron chi connectivity index (χ3n) is 2.60. The summed E-state index contributed by atoms with van der Waals surface area (Å²) < 4.78 is 10.5. The maximum atomic E-state index is 11.9. The first-order valence-electron chi connectivity index (χ1n) is 5.59. The number of carbonyl (C=O) groups excluding carboxylic acids is 1. The summed E-state index contributed by atoms with van der Waals surface area (Å²) >= 11 is 0. The topological polar surface area (TPSA) is 73.6 Å². The SMILES string of the molecule is NCc1ccccc1NC(=O)C1COCCO1. The van der Waals surface area contributed by atoms with Crippen molar-refractivity contribution in [2.24, 2.45) is 5.73 Å². The van der Waals surface area contributed by atoms with Crippen LogP contribution in [0.3, 0.4) is 0 Å². The molecule has 5 nitrogen and oxygen atoms in total. The Kier molecular flexibility index (Phi) is 4.08. The summed E-state index contributed by atoms with van der Waals surface area (Å²) in [5.41, 5.74) is 7.23. The Hall–Kier alpha value is -1.43. The van der Waals surface area contributed by atoms with Gasteiger partial charge in [-0.05, 0) is 11.6 Å². The van der Waals surface area contributed by atoms with E-state index in [0.29, 0.717) is 26.4 Å². The average molecular weight is 236 g/mol. The number of benzene rings is 1. The van der Waals surface area contributed by atoms with Gasteiger partial charge in [-0.2, -0.15) is 0 Å². The first-order valence-corrected chi connectivity index (χ1v) is 5.59. The molecule has 0 radical (unpaired) electrons. The Morgan fingerprint density at radius 2 is 2.24 bits per heavy atom. The maximum Gasteiger partial charge on any atom is 0.255 e. The van der Waals surface area contributed by atoms with E-state index < -0.39 is 6.10 Å². The molecule has 0 aromatic heterocycles. The van der Waals surface area contributed by atoms with Gasteiger partial charge in [-0.3, -0.25) is 4.79 Å². The minimum atomic E-state index is -0.533. The van der Waals surface area contributed by atoms with Crippen LogP contribution in [0.1, 0.15) is 5.56 Å². The van der Waals surface area contributed by atoms with E-state index in [1.54, 1.807) is 0 Å². The van der Waals surface area contributed by atoms with Gasteiger partial charge in [0.25, 0.3) is 5.91 Å². The zero-order chi connectivity index (χ0) is 12.1. The zero-order valence-electron chi connectivity index (χ0n) is 9.52. The molecular weight excluding hydrogens is 220 g/mol. The summed E-state index contributed by atoms with van der Waals surface area (Å²) in [4.78, 5) is 11.9. The summed E-state index contributed by atoms with van der Waals surface area (Å²) in [6.07, 6.45) is -0.533. The molecular formula is C12H16N2O3. The van der Waals surface area contributed by atoms with Crippen LogP contribution in [0.5, 0.6) is 0 Å². The number of nitrogens with two attached hydrogens (primary N) is 1. The minimum absolute atomic E-state index is 0.189. The Labute approximate surface area is 99.9 Å². The molecule has 92 valence electrons. The molecule has 1 atom stereocenters. The lowest BCUT2D eigenvalue weighted by atomic mass is 10.1. The summed E-state index contributed by atoms with van der Waals surface area (Å²) in [5.74, 6) is -0.189. The predicted molar refractivity (Wildman–Crippen MR) is 63.5 cm³/mol. The van der Waals surface area contributed by atoms with Gasteiger partial charge in [0.15, 0.2) is 6.10 Å². The lowest BCUT2D eigenvalue weighted by Gasteiger charge is -2.22. The summed E-state index contributed by atoms with van der Waals surface area (Å²) in [5, 5.41) is 2.81. The number of ether oxygens (including phenoxy) is 2. The van der Waals surface area contributed by atoms with Gasteiger partial charge < -0.3 is 20.5 Å². The van der Waals surface area contributed by atoms with Crippen LogP contribution in [-0.2, 0) is 20.8 Å². The van der Waals surface area contributed by atoms with Crippen molar-refractivity contribution in [3.05, 3.63) is 29.8 Å². The summed E-state index contributed by atoms with van der Waals surface area (Å²) in [6, 6.07) is 7.45. The Morgan fingerprint density at radius 1 is 1.41 bits per heavy atom. The minimum Gasteiger partial charge on any atom is -0.376 e. The van der Waals surface area contributed by atoms with Gasteiger partial charge in [0.1, 0.15) is 0 Å². The van der Waals surface area contributed by atoms with E-state index in [2.05, 4.69) is 5.32 Å². The standard InChI is InChI=1S/C12H16N2O3/c13-7-9-3-1-2-4-10(9)14-12(15)11-8-16-5-6-17-11/h1-4,11H,5-8,13H2,(H,14,15). The molecule has 1 saturated heterocycles. The maximum absolute atomic E-state index is 11.9. The lowest BCUT2D eigenvalue weighted by Crippen LogP contribution is -2.39. The molecule has 1 aliphatic rings. The largest absolute Gasteiger partial charge is 0.376 e. The van der Waals surface area contributed by atoms with Crippen molar-refractivity contribution in [3.63, 3.8) is 0 Å². The number of rotatable bonds is 3. The zero-order valence-corrected chi connectivity index (χ0v) is 9.52. The molecule has 0 aliphatic carbocycles. The van der Waals surface area contributed by atoms with Gasteiger partial charge in [0, 0.05) is 12.2 Å². The molecule has 17 heavy (non-hydrogen) atoms. The molecule has 1 aliphatic heterocycles. The number of amides is 1. The van der Waals surface area contributed by atoms with Crippen molar-refractivity contribution >= 4 is 11.6 Å². The van der Waals surface area contributed by atoms with E-state index in [4.69, 9.17) is 15.2 Å². The number of hydrogen-bond acceptors (Lipinski definition) is 4. The van der Waals surface area contributed by atoms with Crippen LogP contribution >= 0.6 is 0 Å². The highest BCUT2D eigenvalue weighted by molar-refractivity contribution is 5.95. The highest BCUT2D eigenvalue weighted by Crippen LogP contribution is 2.15. The molecule has 0 saturated carbocycles. The second-order valence-corrected chi connectivity index (χ2v) is 3.78. The van der Waals surface area contributed by atoms with Gasteiger partial charge in [0.05, 0.1) is 19.8 Å². The van der Waals surface area contributed by atoms with Crippen molar-refractivity contribution in [3.8, 4) is 0 Å². The highest BCUT2D eigenvalue weighted by atomic mass is 16.6. The molecule has 3 N–H and O–H groups in total. The van der Waals surface area contributed by atoms with Crippen LogP contribution in [-0.4, -0.2) is 31.8 Å². The second-order valence-electron chi connectivity index (χ2n) is 3.78. The molecule has 2 rings (SSSR count). The van der Waals surface area contributed by atoms with E-state index in [9.17, 15) is 4.79 Å². The normalized spacial score (nSPS) is 19.9. The van der Waals surface area contributed by atoms with Crippen molar-refractivity contribution in [2.45, 2.75) is 12.6 Å². The fraction of sp³-hybridized carbons (Fsp3) is 0.417. The number of carbonyl (C=O) groups is 1. The van der Waals surface area contributed by atoms with E-state index in [1.807, 2.05) is 24.3 Å². The molecule has 5 heteroatoms. The van der Waals surface area contributed by atoms with Crippen molar-refractivity contribution in [2.75, 3.05) is 25.1 Å². The molecule has 0 bridgehead atoms. The number of para-hydroxylation sites is 1. The monoisotopic (exact) mass is 236 g/mol. The Balaban J connectivity index is 2.01. The van der Waals surface area contributed by atoms with Crippen molar-refractivity contribution in [1.82, 2.24) is 0 Å². The fourth-order valence-electron chi connectivity index (χ4n) is 1.67. The second kappa shape index (κ2) is 5.77. The van der Waals surface area contributed by atoms with Gasteiger partial charge in [-0.15, -0.1) is 0 Å². The highest BCUT2D eigenvalue weighted by Gasteiger charge is 2.22. The molecule has 1 aromatic rings. The Bertz CT molecular complexity index is 389. The number of nitrogens with one attached hydrogen (secondary N) is 1. The molecule has 1 heterocycles. The number of anilines is 1. The average Bonchev–Trinajstić information content (AvgIpc) is 2.40. The molecule has 1 unspecified atom stereocenters. The summed E-state index contributed by atoms with van der Waals surface area (Å²) in [6.45, 7) is 1.69. The van der Waals surface area contributed by atoms with Crippen molar-refractivity contribution < 1.29 is 14.3 Å². The first kappa shape index (κ1) is 12.0. The van der Waals surface area contributed by atoms with Gasteiger partial charge in [0.2, 0.25) is 0 Å². The van der Waals surface area contributed by atoms with Crippen molar-refractivity contribution in [1.29, 1.82) is 0 Å². The third-order valence-corrected chi connectivity index (χ3v) is 2.60. The molecule has 1 aromatic carbocycles. The van der Waals surface area contributed by atoms with Gasteiger partial charge in [-0.1, -0.05) is 18.2 Å². The Morgan fingerprint density at radius 3 is 2.94 bits per heavy atom. The van der Waals surface area contributed by atoms with Crippen LogP contribution in [0.25, 0.3) is 0 Å². The lowest BCUT2D eigenvalue weighted by molar-refractivity contribution is -0.142. The van der Waals surface area contributed by atoms with E-state index in [-0.39, 0.29) is 5.91 Å². The van der Waals surface area contributed by atoms with Gasteiger partial charge >= 0.3 is 0 Å². The van der Waals surface area contributed by atoms with Crippen LogP contribution in [0.15, 0.2) is 24.3 Å². The van der Waals surface area contributed by atoms with Crippen LogP contribution in [0.2, 0.25) is 0 Å². The van der Waals surface area contributed by atoms with Crippen LogP contribution in [0, 0.1) is 0 Å². The quantitative estimate of drug-likeness (QED) is 0.801. The smallest absolute Gasteiger partial charge is 0.255 e. The third kappa shape index (κ3) is 3.03. The molecule has 0 spiro atoms. The van der Waals surface area contributed by atoms with Gasteiger partial charge in [-0.25, -0.2) is 0 Å². The first-order chi connectivity index (χ1) is 8.31. The van der Waals surface area contributed by atoms with Crippen LogP contribution < -0.4 is 11.1 Å². The summed E-state index contributed by atoms with van der Waals surface area (Å²) in [7, 11) is 0. The predicted octanol–water partition coefficient (Wildman–Crippen LogP) is 0.499. The van der Waals surface area contributed by atoms with E-state index in [0.717, 1.165) is 11.3 Å². The molecule has 1 amide bonds. The van der Waals surface area contributed by atoms with E-state index >= 15 is 0 Å². The molecule has 1 fully saturated rings.